The third-order valence-corrected chi connectivity index (χ3v) is 18.7. The van der Waals surface area contributed by atoms with Gasteiger partial charge in [-0.15, -0.1) is 0 Å². The summed E-state index contributed by atoms with van der Waals surface area (Å²) >= 11 is 0. The van der Waals surface area contributed by atoms with Crippen molar-refractivity contribution in [1.82, 2.24) is 0 Å². The van der Waals surface area contributed by atoms with Crippen molar-refractivity contribution < 1.29 is 0 Å². The molecule has 0 aliphatic heterocycles. The Morgan fingerprint density at radius 1 is 0.292 bits per heavy atom. The first-order chi connectivity index (χ1) is 33.8. The van der Waals surface area contributed by atoms with Crippen LogP contribution in [0.25, 0.3) is 43.8 Å². The van der Waals surface area contributed by atoms with Gasteiger partial charge in [-0.2, -0.15) is 0 Å². The highest BCUT2D eigenvalue weighted by Gasteiger charge is 2.25. The minimum absolute atomic E-state index is 0.0454. The quantitative estimate of drug-likeness (QED) is 0.0995. The molecule has 0 amide bonds. The van der Waals surface area contributed by atoms with Gasteiger partial charge >= 0.3 is 0 Å². The van der Waals surface area contributed by atoms with Gasteiger partial charge in [-0.3, -0.25) is 0 Å². The maximum atomic E-state index is 2.48. The lowest BCUT2D eigenvalue weighted by Crippen LogP contribution is -2.37. The Bertz CT molecular complexity index is 3060. The van der Waals surface area contributed by atoms with E-state index in [4.69, 9.17) is 0 Å². The van der Waals surface area contributed by atoms with Crippen molar-refractivity contribution in [3.8, 4) is 22.3 Å². The van der Waals surface area contributed by atoms with Crippen LogP contribution in [0.3, 0.4) is 0 Å². The van der Waals surface area contributed by atoms with E-state index in [9.17, 15) is 0 Å². The molecule has 0 saturated carbocycles. The van der Waals surface area contributed by atoms with Gasteiger partial charge in [-0.25, -0.2) is 0 Å². The fourth-order valence-electron chi connectivity index (χ4n) is 10.7. The second-order valence-electron chi connectivity index (χ2n) is 24.8. The summed E-state index contributed by atoms with van der Waals surface area (Å²) in [5.41, 5.74) is 19.6. The summed E-state index contributed by atoms with van der Waals surface area (Å²) in [7, 11) is -3.06. The summed E-state index contributed by atoms with van der Waals surface area (Å²) in [6.45, 7) is 37.3. The Hall–Kier alpha value is -6.47. The average molecular weight is 978 g/mol. The largest absolute Gasteiger partial charge is 0.310 e. The van der Waals surface area contributed by atoms with Crippen LogP contribution in [0, 0.1) is 27.7 Å². The normalized spacial score (nSPS) is 12.4. The van der Waals surface area contributed by atoms with E-state index in [0.29, 0.717) is 0 Å². The van der Waals surface area contributed by atoms with Crippen LogP contribution in [0.5, 0.6) is 0 Å². The summed E-state index contributed by atoms with van der Waals surface area (Å²) in [6, 6.07) is 66.0. The molecule has 0 N–H and O–H groups in total. The molecule has 72 heavy (non-hydrogen) atoms. The van der Waals surface area contributed by atoms with Gasteiger partial charge in [0.15, 0.2) is 0 Å². The average Bonchev–Trinajstić information content (AvgIpc) is 3.30. The van der Waals surface area contributed by atoms with Gasteiger partial charge in [-0.1, -0.05) is 211 Å². The maximum absolute atomic E-state index is 2.48. The molecule has 0 bridgehead atoms. The van der Waals surface area contributed by atoms with Crippen molar-refractivity contribution in [2.75, 3.05) is 9.80 Å². The van der Waals surface area contributed by atoms with E-state index in [2.05, 4.69) is 288 Å². The van der Waals surface area contributed by atoms with Crippen LogP contribution in [0.2, 0.25) is 39.3 Å². The van der Waals surface area contributed by atoms with E-state index in [1.807, 2.05) is 0 Å². The highest BCUT2D eigenvalue weighted by Crippen LogP contribution is 2.49. The first-order valence-corrected chi connectivity index (χ1v) is 33.1. The van der Waals surface area contributed by atoms with E-state index in [1.54, 1.807) is 0 Å². The molecule has 9 aromatic carbocycles. The lowest BCUT2D eigenvalue weighted by Gasteiger charge is -2.29. The first kappa shape index (κ1) is 50.5. The van der Waals surface area contributed by atoms with Gasteiger partial charge in [-0.05, 0) is 166 Å². The Morgan fingerprint density at radius 3 is 0.819 bits per heavy atom. The van der Waals surface area contributed by atoms with Crippen molar-refractivity contribution in [2.45, 2.75) is 119 Å². The van der Waals surface area contributed by atoms with Crippen LogP contribution in [0.4, 0.5) is 34.1 Å². The van der Waals surface area contributed by atoms with Gasteiger partial charge in [0.05, 0.1) is 16.1 Å². The molecule has 0 aliphatic rings. The summed E-state index contributed by atoms with van der Waals surface area (Å²) in [6.07, 6.45) is 0. The Balaban J connectivity index is 1.37. The van der Waals surface area contributed by atoms with Gasteiger partial charge in [0.2, 0.25) is 0 Å². The van der Waals surface area contributed by atoms with Crippen LogP contribution in [-0.2, 0) is 10.8 Å². The number of nitrogens with zero attached hydrogens (tertiary/aromatic N) is 2. The molecule has 9 aromatic rings. The molecular formula is C68H76N2Si2. The lowest BCUT2D eigenvalue weighted by atomic mass is 9.84. The van der Waals surface area contributed by atoms with E-state index in [-0.39, 0.29) is 10.8 Å². The monoisotopic (exact) mass is 977 g/mol. The molecule has 0 aromatic heterocycles. The number of aryl methyl sites for hydroxylation is 4. The summed E-state index contributed by atoms with van der Waals surface area (Å²) in [5, 5.41) is 7.85. The first-order valence-electron chi connectivity index (χ1n) is 26.1. The van der Waals surface area contributed by atoms with E-state index < -0.39 is 16.1 Å². The van der Waals surface area contributed by atoms with Crippen molar-refractivity contribution in [1.29, 1.82) is 0 Å². The number of anilines is 6. The molecule has 0 atom stereocenters. The topological polar surface area (TPSA) is 6.48 Å². The maximum Gasteiger partial charge on any atom is 0.0775 e. The summed E-state index contributed by atoms with van der Waals surface area (Å²) in [4.78, 5) is 4.93. The SMILES string of the molecule is Cc1cc(C)cc(-c2c3ccc(N(c4ccc(C(C)(C)C)cc4)c4ccc([Si](C)(C)C)cc4)cc3c(-c3cc(C)cc(C)c3)c3ccc(N(c4ccc(C(C)(C)C)cc4)c4ccc([Si](C)(C)C)cc4)cc23)c1. The summed E-state index contributed by atoms with van der Waals surface area (Å²) < 4.78 is 0. The zero-order valence-electron chi connectivity index (χ0n) is 46.1. The van der Waals surface area contributed by atoms with Crippen molar-refractivity contribution >= 4 is 82.2 Å². The second kappa shape index (κ2) is 18.9. The van der Waals surface area contributed by atoms with E-state index >= 15 is 0 Å². The smallest absolute Gasteiger partial charge is 0.0775 e. The number of benzene rings is 9. The fourth-order valence-corrected chi connectivity index (χ4v) is 13.0. The Kier molecular flexibility index (Phi) is 13.2. The predicted molar refractivity (Wildman–Crippen MR) is 324 cm³/mol. The predicted octanol–water partition coefficient (Wildman–Crippen LogP) is 19.2. The number of rotatable bonds is 10. The molecule has 0 fully saturated rings. The highest BCUT2D eigenvalue weighted by molar-refractivity contribution is 6.89. The number of hydrogen-bond acceptors (Lipinski definition) is 2. The molecule has 0 aliphatic carbocycles. The Labute approximate surface area is 434 Å². The number of fused-ring (bicyclic) bond motifs is 2. The molecule has 2 nitrogen and oxygen atoms in total. The van der Waals surface area contributed by atoms with Gasteiger partial charge in [0.25, 0.3) is 0 Å². The zero-order chi connectivity index (χ0) is 51.7. The third kappa shape index (κ3) is 10.3. The lowest BCUT2D eigenvalue weighted by molar-refractivity contribution is 0.590. The molecule has 9 rings (SSSR count). The molecular weight excluding hydrogens is 901 g/mol. The van der Waals surface area contributed by atoms with E-state index in [1.165, 1.54) is 87.6 Å². The molecule has 0 saturated heterocycles. The minimum atomic E-state index is -1.53. The van der Waals surface area contributed by atoms with Crippen LogP contribution in [0.1, 0.15) is 74.9 Å². The standard InChI is InChI=1S/C68H76N2Si2/c1-45-37-46(2)40-49(39-45)65-61-35-29-58(70(54-23-19-52(20-24-54)68(8,9)10)56-27-33-60(34-28-56)72(14,15)16)44-64(61)66(50-41-47(3)38-48(4)42-50)62-36-30-57(43-63(62)65)69(53-21-17-51(18-22-53)67(5,6)7)55-25-31-59(32-26-55)71(11,12)13/h17-44H,1-16H3. The molecule has 0 unspecified atom stereocenters. The van der Waals surface area contributed by atoms with Gasteiger partial charge in [0.1, 0.15) is 0 Å². The molecule has 4 heteroatoms. The van der Waals surface area contributed by atoms with Crippen LogP contribution in [0.15, 0.2) is 170 Å². The molecule has 0 spiro atoms. The molecule has 0 heterocycles. The summed E-state index contributed by atoms with van der Waals surface area (Å²) in [5.74, 6) is 0. The van der Waals surface area contributed by atoms with Crippen molar-refractivity contribution in [3.05, 3.63) is 203 Å². The van der Waals surface area contributed by atoms with Gasteiger partial charge < -0.3 is 9.80 Å². The second-order valence-corrected chi connectivity index (χ2v) is 35.0. The zero-order valence-corrected chi connectivity index (χ0v) is 48.1. The van der Waals surface area contributed by atoms with Gasteiger partial charge in [0, 0.05) is 34.1 Å². The van der Waals surface area contributed by atoms with Crippen molar-refractivity contribution in [2.24, 2.45) is 0 Å². The van der Waals surface area contributed by atoms with Crippen LogP contribution in [-0.4, -0.2) is 16.1 Å². The fraction of sp³-hybridized carbons (Fsp3) is 0.265. The Morgan fingerprint density at radius 2 is 0.556 bits per heavy atom. The van der Waals surface area contributed by atoms with E-state index in [0.717, 1.165) is 34.1 Å². The molecule has 366 valence electrons. The van der Waals surface area contributed by atoms with Crippen LogP contribution < -0.4 is 20.2 Å². The number of hydrogen-bond donors (Lipinski definition) is 0. The highest BCUT2D eigenvalue weighted by atomic mass is 28.3. The van der Waals surface area contributed by atoms with Crippen molar-refractivity contribution in [3.63, 3.8) is 0 Å². The molecule has 0 radical (unpaired) electrons. The van der Waals surface area contributed by atoms with Crippen LogP contribution >= 0.6 is 0 Å². The minimum Gasteiger partial charge on any atom is -0.310 e. The third-order valence-electron chi connectivity index (χ3n) is 14.6.